The van der Waals surface area contributed by atoms with Gasteiger partial charge in [0, 0.05) is 30.1 Å². The highest BCUT2D eigenvalue weighted by Gasteiger charge is 2.26. The van der Waals surface area contributed by atoms with E-state index in [1.165, 1.54) is 18.4 Å². The van der Waals surface area contributed by atoms with Gasteiger partial charge in [-0.15, -0.1) is 0 Å². The third-order valence-corrected chi connectivity index (χ3v) is 3.72. The number of benzene rings is 1. The summed E-state index contributed by atoms with van der Waals surface area (Å²) in [6.45, 7) is 3.60. The van der Waals surface area contributed by atoms with Gasteiger partial charge in [-0.2, -0.15) is 4.98 Å². The first kappa shape index (κ1) is 14.1. The van der Waals surface area contributed by atoms with Gasteiger partial charge in [0.25, 0.3) is 0 Å². The molecule has 0 saturated heterocycles. The quantitative estimate of drug-likeness (QED) is 0.845. The molecule has 2 N–H and O–H groups in total. The van der Waals surface area contributed by atoms with E-state index in [9.17, 15) is 0 Å². The predicted octanol–water partition coefficient (Wildman–Crippen LogP) is 4.05. The van der Waals surface area contributed by atoms with Crippen LogP contribution in [0.5, 0.6) is 0 Å². The Labute approximate surface area is 130 Å². The van der Waals surface area contributed by atoms with Crippen LogP contribution in [0.1, 0.15) is 36.9 Å². The van der Waals surface area contributed by atoms with E-state index < -0.39 is 0 Å². The van der Waals surface area contributed by atoms with Gasteiger partial charge in [0.15, 0.2) is 0 Å². The first-order valence-corrected chi connectivity index (χ1v) is 7.73. The van der Waals surface area contributed by atoms with Crippen molar-refractivity contribution in [2.75, 3.05) is 17.2 Å². The maximum Gasteiger partial charge on any atom is 0.224 e. The molecule has 0 unspecified atom stereocenters. The van der Waals surface area contributed by atoms with Gasteiger partial charge in [-0.1, -0.05) is 23.7 Å². The minimum absolute atomic E-state index is 0.612. The van der Waals surface area contributed by atoms with Gasteiger partial charge in [-0.05, 0) is 37.5 Å². The fraction of sp³-hybridized carbons (Fsp3) is 0.375. The molecule has 1 aliphatic carbocycles. The zero-order valence-electron chi connectivity index (χ0n) is 12.1. The molecule has 4 nitrogen and oxygen atoms in total. The minimum Gasteiger partial charge on any atom is -0.366 e. The van der Waals surface area contributed by atoms with E-state index in [4.69, 9.17) is 11.6 Å². The third kappa shape index (κ3) is 3.85. The lowest BCUT2D eigenvalue weighted by Gasteiger charge is -2.10. The van der Waals surface area contributed by atoms with Crippen molar-refractivity contribution in [2.45, 2.75) is 32.2 Å². The highest BCUT2D eigenvalue weighted by atomic mass is 35.5. The van der Waals surface area contributed by atoms with Crippen LogP contribution in [0.25, 0.3) is 0 Å². The molecule has 3 rings (SSSR count). The SMILES string of the molecule is CCNc1nc(NCc2ccc(Cl)cc2)cc(C2CC2)n1. The highest BCUT2D eigenvalue weighted by molar-refractivity contribution is 6.30. The second kappa shape index (κ2) is 6.31. The summed E-state index contributed by atoms with van der Waals surface area (Å²) in [5.41, 5.74) is 2.32. The van der Waals surface area contributed by atoms with Crippen molar-refractivity contribution in [1.29, 1.82) is 0 Å². The molecular formula is C16H19ClN4. The largest absolute Gasteiger partial charge is 0.366 e. The number of rotatable bonds is 6. The third-order valence-electron chi connectivity index (χ3n) is 3.46. The van der Waals surface area contributed by atoms with Crippen molar-refractivity contribution in [3.8, 4) is 0 Å². The Morgan fingerprint density at radius 2 is 1.90 bits per heavy atom. The maximum absolute atomic E-state index is 5.90. The Balaban J connectivity index is 1.72. The highest BCUT2D eigenvalue weighted by Crippen LogP contribution is 2.39. The van der Waals surface area contributed by atoms with Crippen LogP contribution < -0.4 is 10.6 Å². The van der Waals surface area contributed by atoms with E-state index in [1.807, 2.05) is 31.2 Å². The van der Waals surface area contributed by atoms with Crippen LogP contribution in [0.2, 0.25) is 5.02 Å². The van der Waals surface area contributed by atoms with E-state index in [2.05, 4.69) is 26.7 Å². The van der Waals surface area contributed by atoms with E-state index in [0.717, 1.165) is 29.6 Å². The smallest absolute Gasteiger partial charge is 0.224 e. The van der Waals surface area contributed by atoms with Gasteiger partial charge in [-0.3, -0.25) is 0 Å². The molecule has 5 heteroatoms. The van der Waals surface area contributed by atoms with Gasteiger partial charge in [-0.25, -0.2) is 4.98 Å². The molecule has 2 aromatic rings. The monoisotopic (exact) mass is 302 g/mol. The molecule has 21 heavy (non-hydrogen) atoms. The Kier molecular flexibility index (Phi) is 4.25. The maximum atomic E-state index is 5.90. The Hall–Kier alpha value is -1.81. The van der Waals surface area contributed by atoms with Gasteiger partial charge in [0.2, 0.25) is 5.95 Å². The molecule has 1 fully saturated rings. The van der Waals surface area contributed by atoms with Crippen molar-refractivity contribution >= 4 is 23.4 Å². The minimum atomic E-state index is 0.612. The Morgan fingerprint density at radius 1 is 1.14 bits per heavy atom. The molecule has 1 aromatic heterocycles. The number of nitrogens with one attached hydrogen (secondary N) is 2. The van der Waals surface area contributed by atoms with Crippen LogP contribution in [0.4, 0.5) is 11.8 Å². The average Bonchev–Trinajstić information content (AvgIpc) is 3.31. The predicted molar refractivity (Wildman–Crippen MR) is 86.9 cm³/mol. The van der Waals surface area contributed by atoms with Crippen molar-refractivity contribution in [3.63, 3.8) is 0 Å². The summed E-state index contributed by atoms with van der Waals surface area (Å²) in [6, 6.07) is 9.90. The van der Waals surface area contributed by atoms with Crippen molar-refractivity contribution in [1.82, 2.24) is 9.97 Å². The summed E-state index contributed by atoms with van der Waals surface area (Å²) >= 11 is 5.90. The number of halogens is 1. The molecule has 0 aliphatic heterocycles. The van der Waals surface area contributed by atoms with Crippen molar-refractivity contribution in [3.05, 3.63) is 46.6 Å². The van der Waals surface area contributed by atoms with Gasteiger partial charge in [0.05, 0.1) is 5.69 Å². The number of hydrogen-bond acceptors (Lipinski definition) is 4. The molecule has 0 amide bonds. The Bertz CT molecular complexity index is 608. The van der Waals surface area contributed by atoms with Crippen molar-refractivity contribution in [2.24, 2.45) is 0 Å². The second-order valence-electron chi connectivity index (χ2n) is 5.29. The number of anilines is 2. The number of aromatic nitrogens is 2. The lowest BCUT2D eigenvalue weighted by Crippen LogP contribution is -2.08. The zero-order chi connectivity index (χ0) is 14.7. The first-order valence-electron chi connectivity index (χ1n) is 7.36. The first-order chi connectivity index (χ1) is 10.2. The van der Waals surface area contributed by atoms with Crippen molar-refractivity contribution < 1.29 is 0 Å². The summed E-state index contributed by atoms with van der Waals surface area (Å²) in [4.78, 5) is 9.08. The summed E-state index contributed by atoms with van der Waals surface area (Å²) in [5.74, 6) is 2.19. The van der Waals surface area contributed by atoms with E-state index in [1.54, 1.807) is 0 Å². The van der Waals surface area contributed by atoms with Crippen LogP contribution in [0, 0.1) is 0 Å². The average molecular weight is 303 g/mol. The van der Waals surface area contributed by atoms with Gasteiger partial charge >= 0.3 is 0 Å². The van der Waals surface area contributed by atoms with E-state index in [0.29, 0.717) is 11.9 Å². The van der Waals surface area contributed by atoms with Gasteiger partial charge < -0.3 is 10.6 Å². The lowest BCUT2D eigenvalue weighted by atomic mass is 10.2. The molecular weight excluding hydrogens is 284 g/mol. The molecule has 1 heterocycles. The summed E-state index contributed by atoms with van der Waals surface area (Å²) in [6.07, 6.45) is 2.47. The molecule has 0 atom stereocenters. The number of hydrogen-bond donors (Lipinski definition) is 2. The van der Waals surface area contributed by atoms with Crippen LogP contribution in [0.15, 0.2) is 30.3 Å². The van der Waals surface area contributed by atoms with E-state index in [-0.39, 0.29) is 0 Å². The van der Waals surface area contributed by atoms with E-state index >= 15 is 0 Å². The second-order valence-corrected chi connectivity index (χ2v) is 5.72. The van der Waals surface area contributed by atoms with Crippen LogP contribution in [-0.4, -0.2) is 16.5 Å². The van der Waals surface area contributed by atoms with Crippen LogP contribution in [-0.2, 0) is 6.54 Å². The summed E-state index contributed by atoms with van der Waals surface area (Å²) < 4.78 is 0. The molecule has 0 bridgehead atoms. The Morgan fingerprint density at radius 3 is 2.57 bits per heavy atom. The molecule has 0 spiro atoms. The van der Waals surface area contributed by atoms with Crippen LogP contribution >= 0.6 is 11.6 Å². The summed E-state index contributed by atoms with van der Waals surface area (Å²) in [7, 11) is 0. The topological polar surface area (TPSA) is 49.8 Å². The standard InChI is InChI=1S/C16H19ClN4/c1-2-18-16-20-14(12-5-6-12)9-15(21-16)19-10-11-3-7-13(17)8-4-11/h3-4,7-9,12H,2,5-6,10H2,1H3,(H2,18,19,20,21). The fourth-order valence-corrected chi connectivity index (χ4v) is 2.30. The molecule has 1 saturated carbocycles. The molecule has 1 aliphatic rings. The summed E-state index contributed by atoms with van der Waals surface area (Å²) in [5, 5.41) is 7.32. The fourth-order valence-electron chi connectivity index (χ4n) is 2.18. The molecule has 1 aromatic carbocycles. The normalized spacial score (nSPS) is 14.0. The lowest BCUT2D eigenvalue weighted by molar-refractivity contribution is 0.967. The molecule has 0 radical (unpaired) electrons. The molecule has 110 valence electrons. The zero-order valence-corrected chi connectivity index (χ0v) is 12.8. The van der Waals surface area contributed by atoms with Crippen LogP contribution in [0.3, 0.4) is 0 Å². The van der Waals surface area contributed by atoms with Gasteiger partial charge in [0.1, 0.15) is 5.82 Å². The number of nitrogens with zero attached hydrogens (tertiary/aromatic N) is 2.